The van der Waals surface area contributed by atoms with Crippen LogP contribution in [0.25, 0.3) is 0 Å². The fourth-order valence-corrected chi connectivity index (χ4v) is 2.05. The van der Waals surface area contributed by atoms with Crippen LogP contribution in [0.15, 0.2) is 22.0 Å². The van der Waals surface area contributed by atoms with Gasteiger partial charge in [-0.25, -0.2) is 0 Å². The van der Waals surface area contributed by atoms with Crippen LogP contribution in [-0.4, -0.2) is 0 Å². The molecular formula is C10H18Cl3V. The fourth-order valence-electron chi connectivity index (χ4n) is 1.30. The van der Waals surface area contributed by atoms with Gasteiger partial charge in [0.2, 0.25) is 0 Å². The zero-order valence-corrected chi connectivity index (χ0v) is 12.6. The van der Waals surface area contributed by atoms with Gasteiger partial charge in [0.1, 0.15) is 0 Å². The summed E-state index contributed by atoms with van der Waals surface area (Å²) in [5, 5.41) is 0. The standard InChI is InChI=1S/C10H15.3ClH.V/c1-4-10(2,3)9-7-5-6-8-9;;;;/h5,7H,4,6H2,1-3H3;3*1H;. The Kier molecular flexibility index (Phi) is 11.8. The maximum Gasteiger partial charge on any atom is -0.147 e. The van der Waals surface area contributed by atoms with E-state index in [1.807, 2.05) is 0 Å². The zero-order valence-electron chi connectivity index (χ0n) is 8.74. The second-order valence-electron chi connectivity index (χ2n) is 3.70. The Morgan fingerprint density at radius 2 is 1.79 bits per heavy atom. The molecule has 0 amide bonds. The summed E-state index contributed by atoms with van der Waals surface area (Å²) in [6.07, 6.45) is 6.88. The maximum absolute atomic E-state index is 2.69. The van der Waals surface area contributed by atoms with Crippen LogP contribution in [0, 0.1) is 5.41 Å². The minimum atomic E-state index is 0. The van der Waals surface area contributed by atoms with Crippen molar-refractivity contribution in [1.82, 2.24) is 0 Å². The van der Waals surface area contributed by atoms with Crippen LogP contribution >= 0.6 is 37.2 Å². The predicted molar refractivity (Wildman–Crippen MR) is 66.6 cm³/mol. The Hall–Kier alpha value is 0.934. The van der Waals surface area contributed by atoms with Gasteiger partial charge in [0.05, 0.1) is 0 Å². The van der Waals surface area contributed by atoms with Crippen molar-refractivity contribution >= 4 is 37.2 Å². The molecule has 0 aliphatic heterocycles. The Morgan fingerprint density at radius 1 is 1.29 bits per heavy atom. The van der Waals surface area contributed by atoms with E-state index in [2.05, 4.69) is 50.3 Å². The van der Waals surface area contributed by atoms with Crippen molar-refractivity contribution in [3.8, 4) is 0 Å². The number of halogens is 3. The monoisotopic (exact) mass is 294 g/mol. The quantitative estimate of drug-likeness (QED) is 0.706. The first-order valence-corrected chi connectivity index (χ1v) is 4.87. The van der Waals surface area contributed by atoms with E-state index in [-0.39, 0.29) is 37.2 Å². The summed E-state index contributed by atoms with van der Waals surface area (Å²) in [4.78, 5) is 0. The SMILES string of the molecule is CCC(C)(C)C1=[C]([V])CC=C1.Cl.Cl.Cl. The van der Waals surface area contributed by atoms with E-state index in [0.717, 1.165) is 6.42 Å². The molecule has 0 spiro atoms. The minimum absolute atomic E-state index is 0. The molecule has 0 saturated carbocycles. The van der Waals surface area contributed by atoms with E-state index in [4.69, 9.17) is 0 Å². The summed E-state index contributed by atoms with van der Waals surface area (Å²) in [5.41, 5.74) is 1.90. The van der Waals surface area contributed by atoms with E-state index in [9.17, 15) is 0 Å². The molecule has 1 rings (SSSR count). The number of rotatable bonds is 2. The molecule has 0 aromatic carbocycles. The summed E-state index contributed by atoms with van der Waals surface area (Å²) < 4.78 is 1.49. The van der Waals surface area contributed by atoms with E-state index in [1.54, 1.807) is 0 Å². The van der Waals surface area contributed by atoms with Gasteiger partial charge in [-0.2, -0.15) is 0 Å². The summed E-state index contributed by atoms with van der Waals surface area (Å²) >= 11 is 2.69. The maximum atomic E-state index is 2.69. The molecule has 0 N–H and O–H groups in total. The summed E-state index contributed by atoms with van der Waals surface area (Å²) in [7, 11) is 0. The molecule has 1 aliphatic carbocycles. The molecule has 0 radical (unpaired) electrons. The average Bonchev–Trinajstić information content (AvgIpc) is 2.36. The van der Waals surface area contributed by atoms with Crippen molar-refractivity contribution in [3.63, 3.8) is 0 Å². The molecule has 1 aliphatic rings. The first-order valence-electron chi connectivity index (χ1n) is 4.17. The smallest absolute Gasteiger partial charge is 0.147 e. The van der Waals surface area contributed by atoms with Crippen LogP contribution in [0.1, 0.15) is 33.6 Å². The van der Waals surface area contributed by atoms with Gasteiger partial charge in [-0.3, -0.25) is 0 Å². The molecule has 0 fully saturated rings. The number of allylic oxidation sites excluding steroid dienone is 4. The van der Waals surface area contributed by atoms with Gasteiger partial charge in [-0.05, 0) is 0 Å². The molecule has 0 aromatic rings. The molecule has 0 heterocycles. The van der Waals surface area contributed by atoms with Gasteiger partial charge in [0.25, 0.3) is 0 Å². The van der Waals surface area contributed by atoms with Crippen molar-refractivity contribution in [2.75, 3.05) is 0 Å². The van der Waals surface area contributed by atoms with Crippen LogP contribution < -0.4 is 0 Å². The second kappa shape index (κ2) is 8.13. The molecular weight excluding hydrogens is 277 g/mol. The van der Waals surface area contributed by atoms with E-state index < -0.39 is 0 Å². The van der Waals surface area contributed by atoms with E-state index >= 15 is 0 Å². The van der Waals surface area contributed by atoms with Crippen LogP contribution in [0.3, 0.4) is 0 Å². The second-order valence-corrected chi connectivity index (χ2v) is 4.55. The predicted octanol–water partition coefficient (Wildman–Crippen LogP) is 4.45. The molecule has 4 heteroatoms. The van der Waals surface area contributed by atoms with Crippen molar-refractivity contribution in [2.24, 2.45) is 5.41 Å². The van der Waals surface area contributed by atoms with Crippen LogP contribution in [0.2, 0.25) is 0 Å². The van der Waals surface area contributed by atoms with Crippen LogP contribution in [0.4, 0.5) is 0 Å². The minimum Gasteiger partial charge on any atom is -0.147 e. The van der Waals surface area contributed by atoms with Gasteiger partial charge in [0.15, 0.2) is 0 Å². The molecule has 0 aromatic heterocycles. The normalized spacial score (nSPS) is 14.2. The Balaban J connectivity index is -0.000000403. The fraction of sp³-hybridized carbons (Fsp3) is 0.600. The van der Waals surface area contributed by atoms with Crippen molar-refractivity contribution in [1.29, 1.82) is 0 Å². The van der Waals surface area contributed by atoms with Crippen LogP contribution in [-0.2, 0) is 17.4 Å². The van der Waals surface area contributed by atoms with Crippen molar-refractivity contribution in [3.05, 3.63) is 22.0 Å². The Labute approximate surface area is 115 Å². The van der Waals surface area contributed by atoms with Gasteiger partial charge in [0, 0.05) is 0 Å². The van der Waals surface area contributed by atoms with Gasteiger partial charge < -0.3 is 0 Å². The molecule has 14 heavy (non-hydrogen) atoms. The summed E-state index contributed by atoms with van der Waals surface area (Å²) in [6, 6.07) is 0. The average molecular weight is 296 g/mol. The van der Waals surface area contributed by atoms with Crippen molar-refractivity contribution < 1.29 is 17.4 Å². The Bertz CT molecular complexity index is 219. The molecule has 0 nitrogen and oxygen atoms in total. The van der Waals surface area contributed by atoms with Crippen molar-refractivity contribution in [2.45, 2.75) is 33.6 Å². The molecule has 0 bridgehead atoms. The third-order valence-corrected chi connectivity index (χ3v) is 3.18. The Morgan fingerprint density at radius 3 is 2.07 bits per heavy atom. The molecule has 0 atom stereocenters. The first kappa shape index (κ1) is 20.4. The largest absolute Gasteiger partial charge is 0.147 e. The van der Waals surface area contributed by atoms with Gasteiger partial charge >= 0.3 is 78.5 Å². The zero-order chi connectivity index (χ0) is 8.48. The third-order valence-electron chi connectivity index (χ3n) is 2.52. The summed E-state index contributed by atoms with van der Waals surface area (Å²) in [5.74, 6) is 0. The topological polar surface area (TPSA) is 0 Å². The third kappa shape index (κ3) is 4.64. The molecule has 0 unspecified atom stereocenters. The van der Waals surface area contributed by atoms with E-state index in [0.29, 0.717) is 5.41 Å². The summed E-state index contributed by atoms with van der Waals surface area (Å²) in [6.45, 7) is 6.87. The van der Waals surface area contributed by atoms with Gasteiger partial charge in [-0.1, -0.05) is 0 Å². The number of hydrogen-bond acceptors (Lipinski definition) is 0. The molecule has 84 valence electrons. The molecule has 0 saturated heterocycles. The number of hydrogen-bond donors (Lipinski definition) is 0. The van der Waals surface area contributed by atoms with Crippen LogP contribution in [0.5, 0.6) is 0 Å². The van der Waals surface area contributed by atoms with Gasteiger partial charge in [-0.15, -0.1) is 37.2 Å². The van der Waals surface area contributed by atoms with E-state index in [1.165, 1.54) is 16.3 Å². The first-order chi connectivity index (χ1) is 5.08.